The first kappa shape index (κ1) is 21.4. The first-order chi connectivity index (χ1) is 11.3. The smallest absolute Gasteiger partial charge is 0.328 e. The number of carbonyl (C=O) groups is 1. The van der Waals surface area contributed by atoms with E-state index < -0.39 is 16.1 Å². The van der Waals surface area contributed by atoms with Gasteiger partial charge in [0, 0.05) is 53.7 Å². The summed E-state index contributed by atoms with van der Waals surface area (Å²) in [5.74, 6) is 0. The minimum absolute atomic E-state index is 0. The first-order valence-electron chi connectivity index (χ1n) is 7.39. The first-order valence-corrected chi connectivity index (χ1v) is 8.87. The van der Waals surface area contributed by atoms with Crippen molar-refractivity contribution in [1.82, 2.24) is 15.0 Å². The number of aryl methyl sites for hydroxylation is 1. The fraction of sp³-hybridized carbons (Fsp3) is 0.250. The van der Waals surface area contributed by atoms with Crippen LogP contribution in [0.1, 0.15) is 19.4 Å². The van der Waals surface area contributed by atoms with Crippen LogP contribution in [0.3, 0.4) is 0 Å². The largest absolute Gasteiger partial charge is 0.354 e. The van der Waals surface area contributed by atoms with E-state index in [1.807, 2.05) is 35.9 Å². The summed E-state index contributed by atoms with van der Waals surface area (Å²) in [6.07, 6.45) is 2.68. The molecule has 2 rings (SSSR count). The van der Waals surface area contributed by atoms with Gasteiger partial charge in [-0.05, 0) is 44.5 Å². The third-order valence-electron chi connectivity index (χ3n) is 3.02. The van der Waals surface area contributed by atoms with Gasteiger partial charge in [0.25, 0.3) is 10.0 Å². The van der Waals surface area contributed by atoms with Crippen LogP contribution in [0.25, 0.3) is 0 Å². The third-order valence-corrected chi connectivity index (χ3v) is 4.38. The van der Waals surface area contributed by atoms with Gasteiger partial charge in [0.15, 0.2) is 0 Å². The fourth-order valence-corrected chi connectivity index (χ4v) is 3.07. The predicted molar refractivity (Wildman–Crippen MR) is 98.4 cm³/mol. The number of nitrogens with one attached hydrogen (secondary N) is 3. The molecule has 2 amide bonds. The number of benzene rings is 1. The quantitative estimate of drug-likeness (QED) is 0.699. The molecule has 0 bridgehead atoms. The van der Waals surface area contributed by atoms with Gasteiger partial charge in [0.2, 0.25) is 0 Å². The zero-order valence-corrected chi connectivity index (χ0v) is 17.5. The van der Waals surface area contributed by atoms with Crippen molar-refractivity contribution in [3.8, 4) is 0 Å². The van der Waals surface area contributed by atoms with E-state index in [4.69, 9.17) is 0 Å². The number of rotatable bonds is 5. The Labute approximate surface area is 170 Å². The van der Waals surface area contributed by atoms with E-state index in [0.717, 1.165) is 11.3 Å². The fourth-order valence-electron chi connectivity index (χ4n) is 2.04. The monoisotopic (exact) mass is 371 g/mol. The zero-order valence-electron chi connectivity index (χ0n) is 14.7. The summed E-state index contributed by atoms with van der Waals surface area (Å²) in [7, 11) is -4.05. The molecule has 0 saturated carbocycles. The minimum Gasteiger partial charge on any atom is -0.354 e. The molecular formula is C16H20N4NaO3S. The summed E-state index contributed by atoms with van der Waals surface area (Å²) >= 11 is 0. The molecule has 0 fully saturated rings. The molecule has 25 heavy (non-hydrogen) atoms. The van der Waals surface area contributed by atoms with E-state index >= 15 is 0 Å². The number of pyridine rings is 1. The number of aromatic nitrogens is 1. The summed E-state index contributed by atoms with van der Waals surface area (Å²) in [6.45, 7) is 5.41. The molecule has 1 radical (unpaired) electrons. The second-order valence-electron chi connectivity index (χ2n) is 5.60. The number of hydrogen-bond acceptors (Lipinski definition) is 5. The Balaban J connectivity index is 0.00000312. The maximum Gasteiger partial charge on any atom is 0.328 e. The van der Waals surface area contributed by atoms with E-state index in [9.17, 15) is 13.2 Å². The van der Waals surface area contributed by atoms with Crippen molar-refractivity contribution in [2.45, 2.75) is 31.7 Å². The molecule has 0 saturated heterocycles. The van der Waals surface area contributed by atoms with Gasteiger partial charge in [-0.3, -0.25) is 4.98 Å². The van der Waals surface area contributed by atoms with E-state index in [-0.39, 0.29) is 40.5 Å². The Morgan fingerprint density at radius 2 is 1.92 bits per heavy atom. The number of anilines is 2. The maximum absolute atomic E-state index is 12.5. The zero-order chi connectivity index (χ0) is 17.7. The van der Waals surface area contributed by atoms with Gasteiger partial charge in [-0.1, -0.05) is 12.1 Å². The van der Waals surface area contributed by atoms with Crippen LogP contribution in [-0.4, -0.2) is 55.0 Å². The second kappa shape index (κ2) is 9.19. The minimum atomic E-state index is -4.05. The van der Waals surface area contributed by atoms with Crippen LogP contribution in [0.5, 0.6) is 0 Å². The standard InChI is InChI=1S/C16H20N4O3S.Na/c1-11(2)18-16(21)20-24(22,23)15-10-17-8-7-14(15)19-13-6-4-5-12(3)9-13;/h4-11H,1-3H3,(H,17,19)(H2,18,20,21);. The molecule has 0 unspecified atom stereocenters. The van der Waals surface area contributed by atoms with Gasteiger partial charge in [-0.15, -0.1) is 0 Å². The Morgan fingerprint density at radius 1 is 1.20 bits per heavy atom. The van der Waals surface area contributed by atoms with Crippen LogP contribution < -0.4 is 15.4 Å². The number of sulfonamides is 1. The van der Waals surface area contributed by atoms with Crippen molar-refractivity contribution in [2.75, 3.05) is 5.32 Å². The molecule has 0 aliphatic heterocycles. The normalized spacial score (nSPS) is 10.7. The average molecular weight is 371 g/mol. The molecule has 9 heteroatoms. The number of amides is 2. The van der Waals surface area contributed by atoms with Crippen molar-refractivity contribution in [3.63, 3.8) is 0 Å². The van der Waals surface area contributed by atoms with Crippen LogP contribution >= 0.6 is 0 Å². The van der Waals surface area contributed by atoms with Crippen LogP contribution in [0.15, 0.2) is 47.6 Å². The van der Waals surface area contributed by atoms with Gasteiger partial charge in [0.1, 0.15) is 4.90 Å². The van der Waals surface area contributed by atoms with Crippen molar-refractivity contribution in [3.05, 3.63) is 48.3 Å². The van der Waals surface area contributed by atoms with E-state index in [1.165, 1.54) is 18.5 Å². The van der Waals surface area contributed by atoms with E-state index in [1.54, 1.807) is 13.8 Å². The maximum atomic E-state index is 12.5. The third kappa shape index (κ3) is 6.32. The summed E-state index contributed by atoms with van der Waals surface area (Å²) in [6, 6.07) is 8.08. The molecule has 0 spiro atoms. The SMILES string of the molecule is Cc1cccc(Nc2ccncc2S(=O)(=O)NC(=O)NC(C)C)c1.[Na]. The van der Waals surface area contributed by atoms with Crippen LogP contribution in [-0.2, 0) is 10.0 Å². The van der Waals surface area contributed by atoms with Gasteiger partial charge in [-0.2, -0.15) is 0 Å². The van der Waals surface area contributed by atoms with Crippen molar-refractivity contribution < 1.29 is 13.2 Å². The number of hydrogen-bond donors (Lipinski definition) is 3. The summed E-state index contributed by atoms with van der Waals surface area (Å²) in [5, 5.41) is 5.52. The topological polar surface area (TPSA) is 100 Å². The van der Waals surface area contributed by atoms with Gasteiger partial charge in [-0.25, -0.2) is 17.9 Å². The Morgan fingerprint density at radius 3 is 2.56 bits per heavy atom. The van der Waals surface area contributed by atoms with Crippen molar-refractivity contribution in [1.29, 1.82) is 0 Å². The van der Waals surface area contributed by atoms with Crippen molar-refractivity contribution >= 4 is 57.0 Å². The molecule has 3 N–H and O–H groups in total. The molecule has 1 heterocycles. The molecule has 2 aromatic rings. The van der Waals surface area contributed by atoms with E-state index in [0.29, 0.717) is 5.69 Å². The number of carbonyl (C=O) groups excluding carboxylic acids is 1. The summed E-state index contributed by atoms with van der Waals surface area (Å²) in [5.41, 5.74) is 2.11. The molecule has 129 valence electrons. The summed E-state index contributed by atoms with van der Waals surface area (Å²) in [4.78, 5) is 15.5. The molecule has 0 atom stereocenters. The van der Waals surface area contributed by atoms with Crippen LogP contribution in [0.4, 0.5) is 16.2 Å². The van der Waals surface area contributed by atoms with Crippen LogP contribution in [0.2, 0.25) is 0 Å². The molecule has 0 aliphatic rings. The van der Waals surface area contributed by atoms with Crippen molar-refractivity contribution in [2.24, 2.45) is 0 Å². The Kier molecular flexibility index (Phi) is 7.88. The molecule has 7 nitrogen and oxygen atoms in total. The Hall–Kier alpha value is -1.61. The van der Waals surface area contributed by atoms with Crippen LogP contribution in [0, 0.1) is 6.92 Å². The average Bonchev–Trinajstić information content (AvgIpc) is 2.46. The number of nitrogens with zero attached hydrogens (tertiary/aromatic N) is 1. The molecule has 1 aromatic heterocycles. The Bertz CT molecular complexity index is 841. The van der Waals surface area contributed by atoms with Gasteiger partial charge >= 0.3 is 6.03 Å². The van der Waals surface area contributed by atoms with E-state index in [2.05, 4.69) is 15.6 Å². The molecule has 1 aromatic carbocycles. The molecule has 0 aliphatic carbocycles. The van der Waals surface area contributed by atoms with Gasteiger partial charge in [0.05, 0.1) is 5.69 Å². The second-order valence-corrected chi connectivity index (χ2v) is 7.25. The summed E-state index contributed by atoms with van der Waals surface area (Å²) < 4.78 is 26.9. The van der Waals surface area contributed by atoms with Gasteiger partial charge < -0.3 is 10.6 Å². The predicted octanol–water partition coefficient (Wildman–Crippen LogP) is 2.15. The molecular weight excluding hydrogens is 351 g/mol. The number of urea groups is 1.